The maximum Gasteiger partial charge on any atom is 0.230 e. The van der Waals surface area contributed by atoms with Crippen LogP contribution in [0.25, 0.3) is 0 Å². The molecular formula is C16H18BrN3OS. The SMILES string of the molecule is CC1NCCC1C(=O)Nc1ncc(Cc2ccc(Br)cc2)s1. The van der Waals surface area contributed by atoms with Crippen LogP contribution in [-0.4, -0.2) is 23.5 Å². The van der Waals surface area contributed by atoms with Crippen LogP contribution >= 0.6 is 27.3 Å². The van der Waals surface area contributed by atoms with Gasteiger partial charge in [0.15, 0.2) is 5.13 Å². The number of carbonyl (C=O) groups is 1. The number of halogens is 1. The normalized spacial score (nSPS) is 21.0. The third kappa shape index (κ3) is 3.74. The van der Waals surface area contributed by atoms with E-state index in [-0.39, 0.29) is 17.9 Å². The summed E-state index contributed by atoms with van der Waals surface area (Å²) in [6.45, 7) is 2.96. The molecule has 2 atom stereocenters. The van der Waals surface area contributed by atoms with Gasteiger partial charge in [0.2, 0.25) is 5.91 Å². The summed E-state index contributed by atoms with van der Waals surface area (Å²) in [4.78, 5) is 17.7. The van der Waals surface area contributed by atoms with E-state index in [0.29, 0.717) is 5.13 Å². The highest BCUT2D eigenvalue weighted by Crippen LogP contribution is 2.24. The van der Waals surface area contributed by atoms with Crippen LogP contribution in [0.3, 0.4) is 0 Å². The topological polar surface area (TPSA) is 54.0 Å². The lowest BCUT2D eigenvalue weighted by Crippen LogP contribution is -2.31. The molecule has 1 aliphatic heterocycles. The Balaban J connectivity index is 1.61. The minimum atomic E-state index is 0.0406. The summed E-state index contributed by atoms with van der Waals surface area (Å²) < 4.78 is 1.08. The van der Waals surface area contributed by atoms with Crippen LogP contribution < -0.4 is 10.6 Å². The molecule has 1 aromatic heterocycles. The van der Waals surface area contributed by atoms with E-state index in [1.807, 2.05) is 18.3 Å². The standard InChI is InChI=1S/C16H18BrN3OS/c1-10-14(6-7-18-10)15(21)20-16-19-9-13(22-16)8-11-2-4-12(17)5-3-11/h2-5,9-10,14,18H,6-8H2,1H3,(H,19,20,21). The van der Waals surface area contributed by atoms with E-state index in [2.05, 4.69) is 50.6 Å². The molecule has 3 rings (SSSR count). The number of aromatic nitrogens is 1. The van der Waals surface area contributed by atoms with Crippen LogP contribution in [0, 0.1) is 5.92 Å². The Kier molecular flexibility index (Phi) is 4.90. The van der Waals surface area contributed by atoms with Crippen molar-refractivity contribution in [3.8, 4) is 0 Å². The van der Waals surface area contributed by atoms with Crippen molar-refractivity contribution in [3.05, 3.63) is 45.4 Å². The summed E-state index contributed by atoms with van der Waals surface area (Å²) in [5.41, 5.74) is 1.23. The first-order chi connectivity index (χ1) is 10.6. The molecule has 0 aliphatic carbocycles. The number of thiazole rings is 1. The molecule has 4 nitrogen and oxygen atoms in total. The Morgan fingerprint density at radius 3 is 2.91 bits per heavy atom. The van der Waals surface area contributed by atoms with E-state index < -0.39 is 0 Å². The zero-order chi connectivity index (χ0) is 15.5. The molecule has 1 saturated heterocycles. The fraction of sp³-hybridized carbons (Fsp3) is 0.375. The molecule has 2 N–H and O–H groups in total. The first-order valence-corrected chi connectivity index (χ1v) is 8.96. The van der Waals surface area contributed by atoms with E-state index in [1.165, 1.54) is 5.56 Å². The van der Waals surface area contributed by atoms with Gasteiger partial charge in [-0.25, -0.2) is 4.98 Å². The van der Waals surface area contributed by atoms with Gasteiger partial charge in [-0.1, -0.05) is 28.1 Å². The van der Waals surface area contributed by atoms with Crippen LogP contribution in [0.1, 0.15) is 23.8 Å². The summed E-state index contributed by atoms with van der Waals surface area (Å²) in [5, 5.41) is 6.94. The second kappa shape index (κ2) is 6.89. The van der Waals surface area contributed by atoms with Crippen molar-refractivity contribution in [2.24, 2.45) is 5.92 Å². The average Bonchev–Trinajstić information content (AvgIpc) is 3.10. The summed E-state index contributed by atoms with van der Waals surface area (Å²) in [7, 11) is 0. The highest BCUT2D eigenvalue weighted by Gasteiger charge is 2.29. The Labute approximate surface area is 142 Å². The average molecular weight is 380 g/mol. The number of rotatable bonds is 4. The monoisotopic (exact) mass is 379 g/mol. The Morgan fingerprint density at radius 2 is 2.23 bits per heavy atom. The number of amides is 1. The molecule has 1 aliphatic rings. The largest absolute Gasteiger partial charge is 0.313 e. The van der Waals surface area contributed by atoms with Gasteiger partial charge in [0.25, 0.3) is 0 Å². The van der Waals surface area contributed by atoms with Crippen molar-refractivity contribution in [1.29, 1.82) is 0 Å². The maximum absolute atomic E-state index is 12.2. The van der Waals surface area contributed by atoms with E-state index in [9.17, 15) is 4.79 Å². The second-order valence-electron chi connectivity index (χ2n) is 5.56. The maximum atomic E-state index is 12.2. The third-order valence-corrected chi connectivity index (χ3v) is 5.38. The predicted molar refractivity (Wildman–Crippen MR) is 93.3 cm³/mol. The Bertz CT molecular complexity index is 656. The van der Waals surface area contributed by atoms with Gasteiger partial charge < -0.3 is 10.6 Å². The van der Waals surface area contributed by atoms with Crippen molar-refractivity contribution in [1.82, 2.24) is 10.3 Å². The minimum Gasteiger partial charge on any atom is -0.313 e. The van der Waals surface area contributed by atoms with Crippen LogP contribution in [0.2, 0.25) is 0 Å². The molecule has 0 radical (unpaired) electrons. The molecule has 1 fully saturated rings. The van der Waals surface area contributed by atoms with Gasteiger partial charge in [0.1, 0.15) is 0 Å². The zero-order valence-corrected chi connectivity index (χ0v) is 14.7. The smallest absolute Gasteiger partial charge is 0.230 e. The van der Waals surface area contributed by atoms with Crippen molar-refractivity contribution in [3.63, 3.8) is 0 Å². The van der Waals surface area contributed by atoms with Gasteiger partial charge in [-0.15, -0.1) is 11.3 Å². The van der Waals surface area contributed by atoms with Crippen molar-refractivity contribution < 1.29 is 4.79 Å². The summed E-state index contributed by atoms with van der Waals surface area (Å²) in [5.74, 6) is 0.112. The molecule has 0 bridgehead atoms. The number of hydrogen-bond acceptors (Lipinski definition) is 4. The fourth-order valence-corrected chi connectivity index (χ4v) is 3.78. The predicted octanol–water partition coefficient (Wildman–Crippen LogP) is 3.43. The molecule has 0 saturated carbocycles. The minimum absolute atomic E-state index is 0.0406. The lowest BCUT2D eigenvalue weighted by molar-refractivity contribution is -0.119. The van der Waals surface area contributed by atoms with Gasteiger partial charge >= 0.3 is 0 Å². The first kappa shape index (κ1) is 15.6. The summed E-state index contributed by atoms with van der Waals surface area (Å²) >= 11 is 4.98. The fourth-order valence-electron chi connectivity index (χ4n) is 2.67. The second-order valence-corrected chi connectivity index (χ2v) is 7.59. The molecule has 2 aromatic rings. The molecule has 116 valence electrons. The Morgan fingerprint density at radius 1 is 1.45 bits per heavy atom. The molecule has 1 aromatic carbocycles. The molecule has 6 heteroatoms. The summed E-state index contributed by atoms with van der Waals surface area (Å²) in [6.07, 6.45) is 3.57. The van der Waals surface area contributed by atoms with Crippen LogP contribution in [0.5, 0.6) is 0 Å². The number of carbonyl (C=O) groups excluding carboxylic acids is 1. The molecular weight excluding hydrogens is 362 g/mol. The first-order valence-electron chi connectivity index (χ1n) is 7.35. The van der Waals surface area contributed by atoms with Gasteiger partial charge in [0, 0.05) is 28.0 Å². The zero-order valence-electron chi connectivity index (χ0n) is 12.3. The molecule has 22 heavy (non-hydrogen) atoms. The lowest BCUT2D eigenvalue weighted by atomic mass is 10.0. The van der Waals surface area contributed by atoms with Gasteiger partial charge in [-0.2, -0.15) is 0 Å². The van der Waals surface area contributed by atoms with Crippen LogP contribution in [0.15, 0.2) is 34.9 Å². The van der Waals surface area contributed by atoms with Crippen LogP contribution in [0.4, 0.5) is 5.13 Å². The molecule has 2 unspecified atom stereocenters. The van der Waals surface area contributed by atoms with Crippen molar-refractivity contribution in [2.75, 3.05) is 11.9 Å². The Hall–Kier alpha value is -1.24. The highest BCUT2D eigenvalue weighted by atomic mass is 79.9. The number of benzene rings is 1. The molecule has 1 amide bonds. The number of hydrogen-bond donors (Lipinski definition) is 2. The van der Waals surface area contributed by atoms with Crippen molar-refractivity contribution in [2.45, 2.75) is 25.8 Å². The molecule has 0 spiro atoms. The summed E-state index contributed by atoms with van der Waals surface area (Å²) in [6, 6.07) is 8.49. The highest BCUT2D eigenvalue weighted by molar-refractivity contribution is 9.10. The van der Waals surface area contributed by atoms with E-state index in [0.717, 1.165) is 28.7 Å². The lowest BCUT2D eigenvalue weighted by Gasteiger charge is -2.13. The van der Waals surface area contributed by atoms with Crippen LogP contribution in [-0.2, 0) is 11.2 Å². The third-order valence-electron chi connectivity index (χ3n) is 3.94. The number of nitrogens with one attached hydrogen (secondary N) is 2. The van der Waals surface area contributed by atoms with E-state index in [1.54, 1.807) is 11.3 Å². The van der Waals surface area contributed by atoms with Crippen molar-refractivity contribution >= 4 is 38.3 Å². The van der Waals surface area contributed by atoms with Gasteiger partial charge in [-0.3, -0.25) is 4.79 Å². The van der Waals surface area contributed by atoms with E-state index >= 15 is 0 Å². The number of nitrogens with zero attached hydrogens (tertiary/aromatic N) is 1. The number of anilines is 1. The quantitative estimate of drug-likeness (QED) is 0.855. The van der Waals surface area contributed by atoms with E-state index in [4.69, 9.17) is 0 Å². The van der Waals surface area contributed by atoms with Gasteiger partial charge in [0.05, 0.1) is 5.92 Å². The van der Waals surface area contributed by atoms with Gasteiger partial charge in [-0.05, 0) is 37.6 Å². The molecule has 2 heterocycles.